The zero-order valence-corrected chi connectivity index (χ0v) is 21.6. The van der Waals surface area contributed by atoms with Gasteiger partial charge in [-0.2, -0.15) is 5.10 Å². The maximum atomic E-state index is 13.3. The molecular weight excluding hydrogens is 490 g/mol. The van der Waals surface area contributed by atoms with Crippen LogP contribution in [-0.2, 0) is 24.9 Å². The lowest BCUT2D eigenvalue weighted by atomic mass is 10.1. The first-order valence-electron chi connectivity index (χ1n) is 12.3. The highest BCUT2D eigenvalue weighted by Crippen LogP contribution is 2.32. The van der Waals surface area contributed by atoms with Crippen molar-refractivity contribution in [1.29, 1.82) is 0 Å². The minimum absolute atomic E-state index is 0.228. The summed E-state index contributed by atoms with van der Waals surface area (Å²) in [5.74, 6) is 1.25. The Bertz CT molecular complexity index is 1330. The minimum atomic E-state index is -0.334. The predicted octanol–water partition coefficient (Wildman–Crippen LogP) is 1.51. The lowest BCUT2D eigenvalue weighted by Gasteiger charge is -2.23. The molecule has 2 aromatic carbocycles. The van der Waals surface area contributed by atoms with Crippen molar-refractivity contribution in [2.45, 2.75) is 25.2 Å². The number of hydrogen-bond donors (Lipinski definition) is 2. The predicted molar refractivity (Wildman–Crippen MR) is 137 cm³/mol. The number of methoxy groups -OCH3 is 2. The molecule has 3 aliphatic heterocycles. The quantitative estimate of drug-likeness (QED) is 0.531. The number of hydrogen-bond acceptors (Lipinski definition) is 8. The summed E-state index contributed by atoms with van der Waals surface area (Å²) >= 11 is 0. The smallest absolute Gasteiger partial charge is 0.258 e. The highest BCUT2D eigenvalue weighted by atomic mass is 16.5. The Morgan fingerprint density at radius 3 is 2.66 bits per heavy atom. The number of carbonyl (C=O) groups excluding carboxylic acids is 2. The van der Waals surface area contributed by atoms with Crippen LogP contribution in [0.5, 0.6) is 23.0 Å². The number of carbonyl (C=O) groups is 2. The van der Waals surface area contributed by atoms with E-state index in [1.54, 1.807) is 30.0 Å². The summed E-state index contributed by atoms with van der Waals surface area (Å²) in [4.78, 5) is 28.0. The van der Waals surface area contributed by atoms with Crippen LogP contribution in [0.15, 0.2) is 48.8 Å². The van der Waals surface area contributed by atoms with Gasteiger partial charge in [-0.25, -0.2) is 0 Å². The van der Waals surface area contributed by atoms with Crippen molar-refractivity contribution in [2.75, 3.05) is 33.9 Å². The Hall–Kier alpha value is -4.25. The van der Waals surface area contributed by atoms with Crippen molar-refractivity contribution >= 4 is 11.8 Å². The molecule has 0 aliphatic carbocycles. The van der Waals surface area contributed by atoms with E-state index in [0.29, 0.717) is 54.7 Å². The molecule has 0 radical (unpaired) electrons. The van der Waals surface area contributed by atoms with E-state index in [-0.39, 0.29) is 30.6 Å². The van der Waals surface area contributed by atoms with Crippen molar-refractivity contribution in [2.24, 2.45) is 7.05 Å². The molecule has 2 N–H and O–H groups in total. The van der Waals surface area contributed by atoms with Crippen LogP contribution in [0.1, 0.15) is 21.5 Å². The highest BCUT2D eigenvalue weighted by Gasteiger charge is 2.36. The molecule has 38 heavy (non-hydrogen) atoms. The number of nitrogens with one attached hydrogen (secondary N) is 2. The second-order valence-corrected chi connectivity index (χ2v) is 9.37. The molecule has 3 aliphatic rings. The third kappa shape index (κ3) is 5.67. The van der Waals surface area contributed by atoms with Gasteiger partial charge in [-0.3, -0.25) is 19.2 Å². The molecule has 1 saturated heterocycles. The molecule has 6 rings (SSSR count). The monoisotopic (exact) mass is 521 g/mol. The lowest BCUT2D eigenvalue weighted by molar-refractivity contribution is -0.123. The molecule has 2 amide bonds. The molecule has 0 saturated carbocycles. The first-order chi connectivity index (χ1) is 18.4. The molecule has 4 heterocycles. The van der Waals surface area contributed by atoms with Crippen molar-refractivity contribution in [3.05, 3.63) is 65.5 Å². The van der Waals surface area contributed by atoms with Crippen molar-refractivity contribution in [1.82, 2.24) is 25.3 Å². The number of benzene rings is 2. The first kappa shape index (κ1) is 25.4. The van der Waals surface area contributed by atoms with Crippen molar-refractivity contribution < 1.29 is 28.5 Å². The Labute approximate surface area is 220 Å². The Morgan fingerprint density at radius 1 is 1.05 bits per heavy atom. The summed E-state index contributed by atoms with van der Waals surface area (Å²) in [5.41, 5.74) is 2.31. The van der Waals surface area contributed by atoms with Crippen LogP contribution in [0.3, 0.4) is 0 Å². The van der Waals surface area contributed by atoms with Crippen molar-refractivity contribution in [3.63, 3.8) is 0 Å². The Kier molecular flexibility index (Phi) is 7.36. The fourth-order valence-electron chi connectivity index (χ4n) is 4.71. The van der Waals surface area contributed by atoms with Crippen LogP contribution in [0, 0.1) is 0 Å². The van der Waals surface area contributed by atoms with Gasteiger partial charge < -0.3 is 29.6 Å². The van der Waals surface area contributed by atoms with Gasteiger partial charge in [-0.05, 0) is 35.9 Å². The number of fused-ring (bicyclic) bond motifs is 7. The van der Waals surface area contributed by atoms with Crippen molar-refractivity contribution in [3.8, 4) is 23.0 Å². The van der Waals surface area contributed by atoms with Gasteiger partial charge in [0.1, 0.15) is 6.10 Å². The van der Waals surface area contributed by atoms with Gasteiger partial charge in [0, 0.05) is 50.6 Å². The van der Waals surface area contributed by atoms with Gasteiger partial charge in [0.05, 0.1) is 26.5 Å². The minimum Gasteiger partial charge on any atom is -0.493 e. The van der Waals surface area contributed by atoms with Gasteiger partial charge in [-0.15, -0.1) is 0 Å². The Balaban J connectivity index is 1.46. The third-order valence-electron chi connectivity index (χ3n) is 6.60. The molecule has 200 valence electrons. The summed E-state index contributed by atoms with van der Waals surface area (Å²) in [6, 6.07) is 10.1. The third-order valence-corrected chi connectivity index (χ3v) is 6.60. The van der Waals surface area contributed by atoms with E-state index >= 15 is 0 Å². The molecular formula is C27H31N5O6. The number of nitrogens with zero attached hydrogens (tertiary/aromatic N) is 3. The van der Waals surface area contributed by atoms with Crippen LogP contribution >= 0.6 is 0 Å². The molecule has 4 bridgehead atoms. The Morgan fingerprint density at radius 2 is 1.89 bits per heavy atom. The summed E-state index contributed by atoms with van der Waals surface area (Å²) in [7, 11) is 4.96. The van der Waals surface area contributed by atoms with Crippen LogP contribution in [0.25, 0.3) is 0 Å². The van der Waals surface area contributed by atoms with Gasteiger partial charge in [0.2, 0.25) is 0 Å². The molecule has 1 aromatic heterocycles. The SMILES string of the molecule is COc1ccc2cc1OCC(=O)NCc1ccc(c(OC)c1)O[C@H]1CN(Cc3cnn(C)c3)C[C@@H]1NC2=O. The maximum absolute atomic E-state index is 13.3. The van der Waals surface area contributed by atoms with E-state index in [9.17, 15) is 9.59 Å². The summed E-state index contributed by atoms with van der Waals surface area (Å²) in [6.07, 6.45) is 3.48. The van der Waals surface area contributed by atoms with E-state index < -0.39 is 0 Å². The van der Waals surface area contributed by atoms with E-state index in [4.69, 9.17) is 18.9 Å². The summed E-state index contributed by atoms with van der Waals surface area (Å²) in [5, 5.41) is 10.2. The second kappa shape index (κ2) is 11.0. The molecule has 2 atom stereocenters. The highest BCUT2D eigenvalue weighted by molar-refractivity contribution is 5.95. The van der Waals surface area contributed by atoms with Gasteiger partial charge in [-0.1, -0.05) is 6.07 Å². The largest absolute Gasteiger partial charge is 0.493 e. The van der Waals surface area contributed by atoms with Crippen LogP contribution < -0.4 is 29.6 Å². The average molecular weight is 522 g/mol. The lowest BCUT2D eigenvalue weighted by Crippen LogP contribution is -2.45. The zero-order chi connectivity index (χ0) is 26.6. The van der Waals surface area contributed by atoms with Gasteiger partial charge >= 0.3 is 0 Å². The second-order valence-electron chi connectivity index (χ2n) is 9.37. The molecule has 1 fully saturated rings. The maximum Gasteiger partial charge on any atom is 0.258 e. The fourth-order valence-corrected chi connectivity index (χ4v) is 4.71. The average Bonchev–Trinajstić information content (AvgIpc) is 3.50. The van der Waals surface area contributed by atoms with E-state index in [2.05, 4.69) is 20.6 Å². The number of aromatic nitrogens is 2. The molecule has 3 aromatic rings. The number of rotatable bonds is 4. The molecule has 11 heteroatoms. The number of likely N-dealkylation sites (tertiary alicyclic amines) is 1. The normalized spacial score (nSPS) is 20.0. The van der Waals surface area contributed by atoms with E-state index in [1.807, 2.05) is 37.6 Å². The standard InChI is InChI=1S/C27H31N5O6/c1-31-12-18(11-29-31)13-32-14-20-25(15-32)38-22-6-4-17(8-23(22)36-3)10-28-26(33)16-37-24-9-19(27(34)30-20)5-7-21(24)35-2/h4-9,11-12,20,25H,10,13-16H2,1-3H3,(H,28,33)(H,30,34)/t20-,25-/m0/s1. The van der Waals surface area contributed by atoms with Crippen LogP contribution in [0.2, 0.25) is 0 Å². The summed E-state index contributed by atoms with van der Waals surface area (Å²) < 4.78 is 24.9. The first-order valence-corrected chi connectivity index (χ1v) is 12.3. The number of ether oxygens (including phenoxy) is 4. The molecule has 11 nitrogen and oxygen atoms in total. The van der Waals surface area contributed by atoms with E-state index in [0.717, 1.165) is 11.1 Å². The van der Waals surface area contributed by atoms with Gasteiger partial charge in [0.25, 0.3) is 11.8 Å². The van der Waals surface area contributed by atoms with Crippen LogP contribution in [-0.4, -0.2) is 72.6 Å². The molecule has 0 unspecified atom stereocenters. The number of amides is 2. The van der Waals surface area contributed by atoms with Gasteiger partial charge in [0.15, 0.2) is 29.6 Å². The fraction of sp³-hybridized carbons (Fsp3) is 0.370. The van der Waals surface area contributed by atoms with E-state index in [1.165, 1.54) is 7.11 Å². The number of aryl methyl sites for hydroxylation is 1. The topological polar surface area (TPSA) is 116 Å². The molecule has 0 spiro atoms. The zero-order valence-electron chi connectivity index (χ0n) is 21.6. The van der Waals surface area contributed by atoms with Crippen LogP contribution in [0.4, 0.5) is 0 Å². The summed E-state index contributed by atoms with van der Waals surface area (Å²) in [6.45, 7) is 1.92.